The van der Waals surface area contributed by atoms with E-state index in [1.165, 1.54) is 6.92 Å². The van der Waals surface area contributed by atoms with Crippen molar-refractivity contribution in [2.45, 2.75) is 19.4 Å². The summed E-state index contributed by atoms with van der Waals surface area (Å²) in [5.74, 6) is 0.471. The number of ketones is 1. The summed E-state index contributed by atoms with van der Waals surface area (Å²) in [5.41, 5.74) is 1.55. The Bertz CT molecular complexity index is 837. The van der Waals surface area contributed by atoms with Gasteiger partial charge in [-0.25, -0.2) is 0 Å². The first-order valence-electron chi connectivity index (χ1n) is 8.34. The zero-order chi connectivity index (χ0) is 20.0. The van der Waals surface area contributed by atoms with Gasteiger partial charge in [-0.3, -0.25) is 9.59 Å². The summed E-state index contributed by atoms with van der Waals surface area (Å²) >= 11 is 3.29. The molecule has 1 unspecified atom stereocenters. The Kier molecular flexibility index (Phi) is 7.38. The van der Waals surface area contributed by atoms with Gasteiger partial charge in [-0.05, 0) is 43.2 Å². The molecule has 0 bridgehead atoms. The number of halogens is 1. The molecule has 2 aromatic carbocycles. The van der Waals surface area contributed by atoms with E-state index in [9.17, 15) is 14.7 Å². The molecule has 0 heterocycles. The summed E-state index contributed by atoms with van der Waals surface area (Å²) in [7, 11) is 3.13. The smallest absolute Gasteiger partial charge is 0.253 e. The van der Waals surface area contributed by atoms with E-state index in [2.05, 4.69) is 21.2 Å². The molecule has 0 aliphatic rings. The second kappa shape index (κ2) is 9.53. The SMILES string of the molecule is COc1ccc(CCNC(=O)C(O)c2ccc(Br)cc2C(C)=O)cc1OC. The minimum atomic E-state index is -1.41. The van der Waals surface area contributed by atoms with Crippen molar-refractivity contribution < 1.29 is 24.2 Å². The van der Waals surface area contributed by atoms with E-state index >= 15 is 0 Å². The maximum atomic E-state index is 12.3. The van der Waals surface area contributed by atoms with E-state index in [0.717, 1.165) is 5.56 Å². The normalized spacial score (nSPS) is 11.6. The number of amides is 1. The van der Waals surface area contributed by atoms with Crippen LogP contribution >= 0.6 is 15.9 Å². The molecule has 0 saturated carbocycles. The van der Waals surface area contributed by atoms with Gasteiger partial charge in [0.2, 0.25) is 0 Å². The second-order valence-electron chi connectivity index (χ2n) is 5.92. The Morgan fingerprint density at radius 1 is 1.11 bits per heavy atom. The van der Waals surface area contributed by atoms with Crippen molar-refractivity contribution in [2.24, 2.45) is 0 Å². The van der Waals surface area contributed by atoms with Crippen molar-refractivity contribution in [3.63, 3.8) is 0 Å². The van der Waals surface area contributed by atoms with Gasteiger partial charge in [0.1, 0.15) is 0 Å². The van der Waals surface area contributed by atoms with E-state index < -0.39 is 12.0 Å². The Balaban J connectivity index is 2.01. The van der Waals surface area contributed by atoms with Crippen LogP contribution in [0.25, 0.3) is 0 Å². The lowest BCUT2D eigenvalue weighted by molar-refractivity contribution is -0.129. The highest BCUT2D eigenvalue weighted by Gasteiger charge is 2.22. The molecule has 0 aliphatic heterocycles. The Labute approximate surface area is 166 Å². The Morgan fingerprint density at radius 2 is 1.81 bits per heavy atom. The molecule has 2 N–H and O–H groups in total. The van der Waals surface area contributed by atoms with E-state index in [1.54, 1.807) is 38.5 Å². The molecule has 7 heteroatoms. The molecule has 6 nitrogen and oxygen atoms in total. The van der Waals surface area contributed by atoms with Crippen LogP contribution in [0, 0.1) is 0 Å². The van der Waals surface area contributed by atoms with Gasteiger partial charge in [0.15, 0.2) is 23.4 Å². The molecule has 1 amide bonds. The number of aliphatic hydroxyl groups is 1. The third-order valence-corrected chi connectivity index (χ3v) is 4.59. The molecule has 1 atom stereocenters. The molecule has 27 heavy (non-hydrogen) atoms. The lowest BCUT2D eigenvalue weighted by Crippen LogP contribution is -2.31. The molecule has 0 saturated heterocycles. The first-order valence-corrected chi connectivity index (χ1v) is 9.13. The minimum absolute atomic E-state index is 0.219. The highest BCUT2D eigenvalue weighted by atomic mass is 79.9. The largest absolute Gasteiger partial charge is 0.493 e. The number of methoxy groups -OCH3 is 2. The highest BCUT2D eigenvalue weighted by Crippen LogP contribution is 2.27. The molecule has 2 aromatic rings. The van der Waals surface area contributed by atoms with Crippen LogP contribution in [-0.2, 0) is 11.2 Å². The number of carbonyl (C=O) groups is 2. The fourth-order valence-corrected chi connectivity index (χ4v) is 3.04. The number of carbonyl (C=O) groups excluding carboxylic acids is 2. The predicted molar refractivity (Wildman–Crippen MR) is 105 cm³/mol. The average molecular weight is 436 g/mol. The topological polar surface area (TPSA) is 84.9 Å². The lowest BCUT2D eigenvalue weighted by atomic mass is 9.99. The zero-order valence-electron chi connectivity index (χ0n) is 15.4. The molecule has 0 fully saturated rings. The first-order chi connectivity index (χ1) is 12.9. The molecule has 0 radical (unpaired) electrons. The fourth-order valence-electron chi connectivity index (χ4n) is 2.68. The second-order valence-corrected chi connectivity index (χ2v) is 6.84. The zero-order valence-corrected chi connectivity index (χ0v) is 17.0. The van der Waals surface area contributed by atoms with Gasteiger partial charge in [0, 0.05) is 22.1 Å². The van der Waals surface area contributed by atoms with Crippen molar-refractivity contribution in [1.29, 1.82) is 0 Å². The van der Waals surface area contributed by atoms with E-state index in [0.29, 0.717) is 34.5 Å². The Morgan fingerprint density at radius 3 is 2.44 bits per heavy atom. The third kappa shape index (κ3) is 5.30. The summed E-state index contributed by atoms with van der Waals surface area (Å²) in [4.78, 5) is 24.1. The number of hydrogen-bond acceptors (Lipinski definition) is 5. The highest BCUT2D eigenvalue weighted by molar-refractivity contribution is 9.10. The summed E-state index contributed by atoms with van der Waals surface area (Å²) < 4.78 is 11.2. The number of nitrogens with one attached hydrogen (secondary N) is 1. The number of hydrogen-bond donors (Lipinski definition) is 2. The number of ether oxygens (including phenoxy) is 2. The maximum Gasteiger partial charge on any atom is 0.253 e. The van der Waals surface area contributed by atoms with E-state index in [1.807, 2.05) is 12.1 Å². The standard InChI is InChI=1S/C20H22BrNO5/c1-12(23)16-11-14(21)5-6-15(16)19(24)20(25)22-9-8-13-4-7-17(26-2)18(10-13)27-3/h4-7,10-11,19,24H,8-9H2,1-3H3,(H,22,25). The van der Waals surface area contributed by atoms with Gasteiger partial charge >= 0.3 is 0 Å². The summed E-state index contributed by atoms with van der Waals surface area (Å²) in [6.45, 7) is 1.73. The molecule has 0 aliphatic carbocycles. The lowest BCUT2D eigenvalue weighted by Gasteiger charge is -2.15. The quantitative estimate of drug-likeness (QED) is 0.622. The number of Topliss-reactive ketones (excluding diaryl/α,β-unsaturated/α-hetero) is 1. The van der Waals surface area contributed by atoms with Crippen molar-refractivity contribution in [3.05, 3.63) is 57.6 Å². The van der Waals surface area contributed by atoms with Crippen LogP contribution in [0.3, 0.4) is 0 Å². The Hall–Kier alpha value is -2.38. The van der Waals surface area contributed by atoms with E-state index in [4.69, 9.17) is 9.47 Å². The van der Waals surface area contributed by atoms with Crippen molar-refractivity contribution in [3.8, 4) is 11.5 Å². The van der Waals surface area contributed by atoms with Crippen LogP contribution in [0.4, 0.5) is 0 Å². The molecule has 2 rings (SSSR count). The van der Waals surface area contributed by atoms with Crippen LogP contribution in [0.5, 0.6) is 11.5 Å². The van der Waals surface area contributed by atoms with Crippen LogP contribution in [0.2, 0.25) is 0 Å². The molecular formula is C20H22BrNO5. The van der Waals surface area contributed by atoms with E-state index in [-0.39, 0.29) is 11.3 Å². The van der Waals surface area contributed by atoms with Gasteiger partial charge in [-0.1, -0.05) is 28.1 Å². The van der Waals surface area contributed by atoms with Gasteiger partial charge in [0.25, 0.3) is 5.91 Å². The fraction of sp³-hybridized carbons (Fsp3) is 0.300. The van der Waals surface area contributed by atoms with Gasteiger partial charge in [-0.15, -0.1) is 0 Å². The first kappa shape index (κ1) is 20.9. The van der Waals surface area contributed by atoms with Gasteiger partial charge < -0.3 is 19.9 Å². The molecule has 144 valence electrons. The number of rotatable bonds is 8. The average Bonchev–Trinajstić information content (AvgIpc) is 2.66. The summed E-state index contributed by atoms with van der Waals surface area (Å²) in [6.07, 6.45) is -0.860. The molecule has 0 spiro atoms. The summed E-state index contributed by atoms with van der Waals surface area (Å²) in [5, 5.41) is 13.0. The van der Waals surface area contributed by atoms with Crippen molar-refractivity contribution in [1.82, 2.24) is 5.32 Å². The van der Waals surface area contributed by atoms with Crippen LogP contribution in [-0.4, -0.2) is 37.6 Å². The van der Waals surface area contributed by atoms with Crippen molar-refractivity contribution >= 4 is 27.6 Å². The minimum Gasteiger partial charge on any atom is -0.493 e. The van der Waals surface area contributed by atoms with Crippen LogP contribution in [0.15, 0.2) is 40.9 Å². The molecular weight excluding hydrogens is 414 g/mol. The van der Waals surface area contributed by atoms with Crippen LogP contribution in [0.1, 0.15) is 34.5 Å². The van der Waals surface area contributed by atoms with Crippen molar-refractivity contribution in [2.75, 3.05) is 20.8 Å². The van der Waals surface area contributed by atoms with Gasteiger partial charge in [-0.2, -0.15) is 0 Å². The maximum absolute atomic E-state index is 12.3. The van der Waals surface area contributed by atoms with Crippen LogP contribution < -0.4 is 14.8 Å². The monoisotopic (exact) mass is 435 g/mol. The third-order valence-electron chi connectivity index (χ3n) is 4.10. The molecule has 0 aromatic heterocycles. The summed E-state index contributed by atoms with van der Waals surface area (Å²) in [6, 6.07) is 10.4. The number of aliphatic hydroxyl groups excluding tert-OH is 1. The van der Waals surface area contributed by atoms with Gasteiger partial charge in [0.05, 0.1) is 14.2 Å². The predicted octanol–water partition coefficient (Wildman–Crippen LogP) is 3.06. The number of benzene rings is 2.